The van der Waals surface area contributed by atoms with Crippen LogP contribution < -0.4 is 5.32 Å². The molecular weight excluding hydrogens is 386 g/mol. The van der Waals surface area contributed by atoms with Crippen LogP contribution in [0.2, 0.25) is 18.1 Å². The van der Waals surface area contributed by atoms with E-state index in [9.17, 15) is 9.59 Å². The third-order valence-electron chi connectivity index (χ3n) is 4.83. The summed E-state index contributed by atoms with van der Waals surface area (Å²) < 4.78 is 16.9. The summed E-state index contributed by atoms with van der Waals surface area (Å²) in [5, 5.41) is 2.79. The van der Waals surface area contributed by atoms with Crippen molar-refractivity contribution in [3.63, 3.8) is 0 Å². The van der Waals surface area contributed by atoms with E-state index >= 15 is 0 Å². The SMILES string of the molecule is CC(C)(C)OC(=O)N[C@H](CO[Si](C)(C)C(C)(C)C)CC(=O)OCc1ccccc1. The quantitative estimate of drug-likeness (QED) is 0.469. The van der Waals surface area contributed by atoms with E-state index in [-0.39, 0.29) is 24.7 Å². The fraction of sp³-hybridized carbons (Fsp3) is 0.636. The Morgan fingerprint density at radius 1 is 1.03 bits per heavy atom. The number of carbonyl (C=O) groups is 2. The van der Waals surface area contributed by atoms with Crippen molar-refractivity contribution in [1.29, 1.82) is 0 Å². The predicted molar refractivity (Wildman–Crippen MR) is 117 cm³/mol. The van der Waals surface area contributed by atoms with Crippen molar-refractivity contribution in [3.8, 4) is 0 Å². The van der Waals surface area contributed by atoms with Gasteiger partial charge in [-0.3, -0.25) is 4.79 Å². The second-order valence-corrected chi connectivity index (χ2v) is 14.6. The largest absolute Gasteiger partial charge is 0.461 e. The lowest BCUT2D eigenvalue weighted by Gasteiger charge is -2.37. The molecule has 0 aliphatic carbocycles. The number of alkyl carbamates (subject to hydrolysis) is 1. The van der Waals surface area contributed by atoms with Crippen LogP contribution in [0.4, 0.5) is 4.79 Å². The Balaban J connectivity index is 2.72. The fourth-order valence-electron chi connectivity index (χ4n) is 2.15. The lowest BCUT2D eigenvalue weighted by molar-refractivity contribution is -0.145. The number of amides is 1. The summed E-state index contributed by atoms with van der Waals surface area (Å²) in [5.41, 5.74) is 0.290. The van der Waals surface area contributed by atoms with Crippen LogP contribution in [0.25, 0.3) is 0 Å². The van der Waals surface area contributed by atoms with Gasteiger partial charge in [0.1, 0.15) is 12.2 Å². The number of rotatable bonds is 8. The second-order valence-electron chi connectivity index (χ2n) is 9.76. The van der Waals surface area contributed by atoms with Gasteiger partial charge in [0.05, 0.1) is 19.1 Å². The van der Waals surface area contributed by atoms with E-state index in [0.717, 1.165) is 5.56 Å². The molecule has 1 N–H and O–H groups in total. The van der Waals surface area contributed by atoms with Gasteiger partial charge in [-0.15, -0.1) is 0 Å². The smallest absolute Gasteiger partial charge is 0.407 e. The Hall–Kier alpha value is -1.86. The van der Waals surface area contributed by atoms with E-state index in [1.807, 2.05) is 30.3 Å². The first kappa shape index (κ1) is 25.2. The van der Waals surface area contributed by atoms with Crippen molar-refractivity contribution in [2.75, 3.05) is 6.61 Å². The Morgan fingerprint density at radius 3 is 2.14 bits per heavy atom. The first-order valence-electron chi connectivity index (χ1n) is 10.0. The normalized spacial score (nSPS) is 13.5. The average Bonchev–Trinajstić information content (AvgIpc) is 2.56. The van der Waals surface area contributed by atoms with Gasteiger partial charge in [0.25, 0.3) is 0 Å². The number of benzene rings is 1. The van der Waals surface area contributed by atoms with Crippen molar-refractivity contribution >= 4 is 20.4 Å². The highest BCUT2D eigenvalue weighted by atomic mass is 28.4. The maximum absolute atomic E-state index is 12.4. The number of nitrogens with one attached hydrogen (secondary N) is 1. The molecule has 1 aromatic carbocycles. The maximum atomic E-state index is 12.4. The molecule has 29 heavy (non-hydrogen) atoms. The molecule has 0 saturated heterocycles. The molecule has 0 aliphatic rings. The van der Waals surface area contributed by atoms with Gasteiger partial charge in [0, 0.05) is 0 Å². The lowest BCUT2D eigenvalue weighted by Crippen LogP contribution is -2.48. The zero-order valence-corrected chi connectivity index (χ0v) is 20.1. The average molecular weight is 424 g/mol. The molecule has 1 rings (SSSR count). The summed E-state index contributed by atoms with van der Waals surface area (Å²) in [6.45, 7) is 16.5. The molecule has 1 amide bonds. The zero-order chi connectivity index (χ0) is 22.3. The highest BCUT2D eigenvalue weighted by Gasteiger charge is 2.38. The van der Waals surface area contributed by atoms with E-state index in [4.69, 9.17) is 13.9 Å². The van der Waals surface area contributed by atoms with Gasteiger partial charge in [0.15, 0.2) is 8.32 Å². The first-order chi connectivity index (χ1) is 13.2. The molecule has 0 radical (unpaired) electrons. The van der Waals surface area contributed by atoms with Crippen molar-refractivity contribution in [1.82, 2.24) is 5.32 Å². The Morgan fingerprint density at radius 2 is 1.62 bits per heavy atom. The van der Waals surface area contributed by atoms with Crippen molar-refractivity contribution < 1.29 is 23.5 Å². The van der Waals surface area contributed by atoms with Crippen LogP contribution in [-0.2, 0) is 25.3 Å². The molecule has 164 valence electrons. The van der Waals surface area contributed by atoms with Gasteiger partial charge in [-0.25, -0.2) is 4.79 Å². The zero-order valence-electron chi connectivity index (χ0n) is 19.1. The standard InChI is InChI=1S/C22H37NO5Si/c1-21(2,3)28-20(25)23-18(16-27-29(7,8)22(4,5)6)14-19(24)26-15-17-12-10-9-11-13-17/h9-13,18H,14-16H2,1-8H3,(H,23,25)/t18-/m0/s1. The molecule has 0 spiro atoms. The molecule has 7 heteroatoms. The summed E-state index contributed by atoms with van der Waals surface area (Å²) >= 11 is 0. The minimum absolute atomic E-state index is 0.0146. The molecule has 0 aromatic heterocycles. The maximum Gasteiger partial charge on any atom is 0.407 e. The van der Waals surface area contributed by atoms with Gasteiger partial charge in [-0.2, -0.15) is 0 Å². The van der Waals surface area contributed by atoms with Gasteiger partial charge >= 0.3 is 12.1 Å². The van der Waals surface area contributed by atoms with Crippen molar-refractivity contribution in [2.24, 2.45) is 0 Å². The highest BCUT2D eigenvalue weighted by molar-refractivity contribution is 6.74. The van der Waals surface area contributed by atoms with Gasteiger partial charge < -0.3 is 19.2 Å². The van der Waals surface area contributed by atoms with Crippen molar-refractivity contribution in [2.45, 2.75) is 84.3 Å². The molecule has 0 aliphatic heterocycles. The third-order valence-corrected chi connectivity index (χ3v) is 9.33. The van der Waals surface area contributed by atoms with E-state index in [2.05, 4.69) is 39.2 Å². The Kier molecular flexibility index (Phi) is 8.90. The van der Waals surface area contributed by atoms with E-state index in [1.165, 1.54) is 0 Å². The highest BCUT2D eigenvalue weighted by Crippen LogP contribution is 2.36. The molecule has 0 heterocycles. The first-order valence-corrected chi connectivity index (χ1v) is 12.9. The summed E-state index contributed by atoms with van der Waals surface area (Å²) in [4.78, 5) is 24.6. The number of ether oxygens (including phenoxy) is 2. The lowest BCUT2D eigenvalue weighted by atomic mass is 10.2. The number of hydrogen-bond acceptors (Lipinski definition) is 5. The minimum atomic E-state index is -2.03. The molecule has 1 aromatic rings. The van der Waals surface area contributed by atoms with Crippen LogP contribution >= 0.6 is 0 Å². The monoisotopic (exact) mass is 423 g/mol. The van der Waals surface area contributed by atoms with Crippen LogP contribution in [0.5, 0.6) is 0 Å². The van der Waals surface area contributed by atoms with E-state index in [1.54, 1.807) is 20.8 Å². The minimum Gasteiger partial charge on any atom is -0.461 e. The summed E-state index contributed by atoms with van der Waals surface area (Å²) in [7, 11) is -2.03. The van der Waals surface area contributed by atoms with E-state index < -0.39 is 32.0 Å². The van der Waals surface area contributed by atoms with Crippen LogP contribution in [0.15, 0.2) is 30.3 Å². The second kappa shape index (κ2) is 10.3. The van der Waals surface area contributed by atoms with Crippen LogP contribution in [0.1, 0.15) is 53.5 Å². The summed E-state index contributed by atoms with van der Waals surface area (Å²) in [5.74, 6) is -0.395. The number of carbonyl (C=O) groups excluding carboxylic acids is 2. The molecule has 6 nitrogen and oxygen atoms in total. The Labute approximate surface area is 176 Å². The van der Waals surface area contributed by atoms with Gasteiger partial charge in [-0.05, 0) is 44.5 Å². The van der Waals surface area contributed by atoms with Gasteiger partial charge in [-0.1, -0.05) is 51.1 Å². The summed E-state index contributed by atoms with van der Waals surface area (Å²) in [6, 6.07) is 8.95. The predicted octanol–water partition coefficient (Wildman–Crippen LogP) is 5.04. The molecular formula is C22H37NO5Si. The number of hydrogen-bond donors (Lipinski definition) is 1. The van der Waals surface area contributed by atoms with Gasteiger partial charge in [0.2, 0.25) is 0 Å². The number of esters is 1. The molecule has 0 saturated carbocycles. The molecule has 0 unspecified atom stereocenters. The topological polar surface area (TPSA) is 73.9 Å². The van der Waals surface area contributed by atoms with Crippen LogP contribution in [0.3, 0.4) is 0 Å². The van der Waals surface area contributed by atoms with E-state index in [0.29, 0.717) is 0 Å². The fourth-order valence-corrected chi connectivity index (χ4v) is 3.20. The Bertz CT molecular complexity index is 662. The molecule has 0 fully saturated rings. The molecule has 0 bridgehead atoms. The molecule has 1 atom stereocenters. The van der Waals surface area contributed by atoms with Crippen LogP contribution in [-0.4, -0.2) is 38.6 Å². The summed E-state index contributed by atoms with van der Waals surface area (Å²) in [6.07, 6.45) is -0.557. The van der Waals surface area contributed by atoms with Crippen molar-refractivity contribution in [3.05, 3.63) is 35.9 Å². The van der Waals surface area contributed by atoms with Crippen LogP contribution in [0, 0.1) is 0 Å². The third kappa shape index (κ3) is 9.94.